The summed E-state index contributed by atoms with van der Waals surface area (Å²) >= 11 is 0. The molecule has 3 heteroatoms. The van der Waals surface area contributed by atoms with E-state index in [-0.39, 0.29) is 0 Å². The van der Waals surface area contributed by atoms with Gasteiger partial charge < -0.3 is 10.4 Å². The van der Waals surface area contributed by atoms with E-state index in [1.807, 2.05) is 0 Å². The molecular formula is C13H25NO2. The monoisotopic (exact) mass is 227 g/mol. The summed E-state index contributed by atoms with van der Waals surface area (Å²) in [6.45, 7) is 6.63. The third kappa shape index (κ3) is 8.48. The Morgan fingerprint density at radius 2 is 2.06 bits per heavy atom. The molecule has 2 N–H and O–H groups in total. The molecule has 94 valence electrons. The number of rotatable bonds is 9. The lowest BCUT2D eigenvalue weighted by molar-refractivity contribution is -0.132. The van der Waals surface area contributed by atoms with Crippen LogP contribution in [0.3, 0.4) is 0 Å². The van der Waals surface area contributed by atoms with Crippen molar-refractivity contribution >= 4 is 5.97 Å². The molecular weight excluding hydrogens is 202 g/mol. The van der Waals surface area contributed by atoms with Gasteiger partial charge >= 0.3 is 5.97 Å². The molecule has 0 saturated carbocycles. The summed E-state index contributed by atoms with van der Waals surface area (Å²) < 4.78 is 0. The summed E-state index contributed by atoms with van der Waals surface area (Å²) in [5, 5.41) is 12.0. The zero-order valence-electron chi connectivity index (χ0n) is 10.8. The fourth-order valence-corrected chi connectivity index (χ4v) is 1.48. The van der Waals surface area contributed by atoms with Gasteiger partial charge in [-0.05, 0) is 20.3 Å². The average Bonchev–Trinajstić information content (AvgIpc) is 2.24. The Morgan fingerprint density at radius 3 is 2.62 bits per heavy atom. The Morgan fingerprint density at radius 1 is 1.38 bits per heavy atom. The van der Waals surface area contributed by atoms with Crippen molar-refractivity contribution in [3.63, 3.8) is 0 Å². The minimum absolute atomic E-state index is 0.408. The first-order valence-electron chi connectivity index (χ1n) is 6.21. The molecule has 0 rings (SSSR count). The van der Waals surface area contributed by atoms with Gasteiger partial charge in [0.1, 0.15) is 0 Å². The van der Waals surface area contributed by atoms with E-state index in [0.29, 0.717) is 18.2 Å². The van der Waals surface area contributed by atoms with Crippen molar-refractivity contribution in [3.8, 4) is 0 Å². The van der Waals surface area contributed by atoms with Gasteiger partial charge in [-0.25, -0.2) is 4.79 Å². The molecule has 0 fully saturated rings. The van der Waals surface area contributed by atoms with E-state index in [1.165, 1.54) is 32.1 Å². The van der Waals surface area contributed by atoms with Crippen molar-refractivity contribution in [1.82, 2.24) is 5.32 Å². The van der Waals surface area contributed by atoms with Gasteiger partial charge in [0.2, 0.25) is 0 Å². The van der Waals surface area contributed by atoms with Gasteiger partial charge in [-0.3, -0.25) is 0 Å². The highest BCUT2D eigenvalue weighted by atomic mass is 16.4. The normalized spacial score (nSPS) is 13.8. The maximum absolute atomic E-state index is 10.5. The van der Waals surface area contributed by atoms with Gasteiger partial charge in [0.05, 0.1) is 0 Å². The first-order chi connectivity index (χ1) is 7.57. The summed E-state index contributed by atoms with van der Waals surface area (Å²) in [6.07, 6.45) is 8.02. The highest BCUT2D eigenvalue weighted by molar-refractivity contribution is 5.85. The van der Waals surface area contributed by atoms with Crippen LogP contribution in [0.5, 0.6) is 0 Å². The van der Waals surface area contributed by atoms with E-state index in [9.17, 15) is 4.79 Å². The molecule has 0 amide bonds. The molecule has 1 unspecified atom stereocenters. The summed E-state index contributed by atoms with van der Waals surface area (Å²) in [5.74, 6) is -0.836. The lowest BCUT2D eigenvalue weighted by Gasteiger charge is -2.11. The van der Waals surface area contributed by atoms with Gasteiger partial charge in [0.25, 0.3) is 0 Å². The number of carboxylic acids is 1. The number of hydrogen-bond donors (Lipinski definition) is 2. The Balaban J connectivity index is 3.54. The molecule has 0 saturated heterocycles. The van der Waals surface area contributed by atoms with Crippen LogP contribution in [0, 0.1) is 0 Å². The van der Waals surface area contributed by atoms with Gasteiger partial charge in [0.15, 0.2) is 0 Å². The topological polar surface area (TPSA) is 49.3 Å². The van der Waals surface area contributed by atoms with Crippen LogP contribution in [0.4, 0.5) is 0 Å². The molecule has 0 aromatic carbocycles. The highest BCUT2D eigenvalue weighted by Crippen LogP contribution is 2.05. The number of unbranched alkanes of at least 4 members (excludes halogenated alkanes) is 3. The first kappa shape index (κ1) is 15.2. The lowest BCUT2D eigenvalue weighted by Crippen LogP contribution is -2.26. The average molecular weight is 227 g/mol. The van der Waals surface area contributed by atoms with Gasteiger partial charge in [0, 0.05) is 18.2 Å². The van der Waals surface area contributed by atoms with Crippen LogP contribution in [0.15, 0.2) is 11.6 Å². The lowest BCUT2D eigenvalue weighted by atomic mass is 10.1. The number of carboxylic acid groups (broad SMARTS) is 1. The van der Waals surface area contributed by atoms with Crippen molar-refractivity contribution in [2.45, 2.75) is 58.9 Å². The van der Waals surface area contributed by atoms with E-state index < -0.39 is 5.97 Å². The smallest absolute Gasteiger partial charge is 0.330 e. The van der Waals surface area contributed by atoms with E-state index in [1.54, 1.807) is 13.0 Å². The summed E-state index contributed by atoms with van der Waals surface area (Å²) in [4.78, 5) is 10.5. The second-order valence-corrected chi connectivity index (χ2v) is 4.35. The Hall–Kier alpha value is -0.830. The third-order valence-electron chi connectivity index (χ3n) is 2.70. The van der Waals surface area contributed by atoms with E-state index >= 15 is 0 Å². The maximum atomic E-state index is 10.5. The number of hydrogen-bond acceptors (Lipinski definition) is 2. The molecule has 1 atom stereocenters. The highest BCUT2D eigenvalue weighted by Gasteiger charge is 2.01. The zero-order chi connectivity index (χ0) is 12.4. The molecule has 0 radical (unpaired) electrons. The van der Waals surface area contributed by atoms with E-state index in [4.69, 9.17) is 5.11 Å². The molecule has 0 spiro atoms. The van der Waals surface area contributed by atoms with Gasteiger partial charge in [-0.1, -0.05) is 38.7 Å². The Labute approximate surface area is 98.9 Å². The molecule has 3 nitrogen and oxygen atoms in total. The zero-order valence-corrected chi connectivity index (χ0v) is 10.8. The van der Waals surface area contributed by atoms with Gasteiger partial charge in [-0.2, -0.15) is 0 Å². The van der Waals surface area contributed by atoms with E-state index in [2.05, 4.69) is 19.2 Å². The summed E-state index contributed by atoms with van der Waals surface area (Å²) in [6, 6.07) is 0.467. The van der Waals surface area contributed by atoms with Crippen LogP contribution in [0.1, 0.15) is 52.9 Å². The fourth-order valence-electron chi connectivity index (χ4n) is 1.48. The number of nitrogens with one attached hydrogen (secondary N) is 1. The van der Waals surface area contributed by atoms with Crippen molar-refractivity contribution < 1.29 is 9.90 Å². The van der Waals surface area contributed by atoms with Crippen LogP contribution in [0.25, 0.3) is 0 Å². The maximum Gasteiger partial charge on any atom is 0.330 e. The molecule has 0 aromatic heterocycles. The molecule has 0 aliphatic rings. The largest absolute Gasteiger partial charge is 0.478 e. The van der Waals surface area contributed by atoms with Crippen molar-refractivity contribution in [3.05, 3.63) is 11.6 Å². The molecule has 0 aliphatic heterocycles. The summed E-state index contributed by atoms with van der Waals surface area (Å²) in [7, 11) is 0. The van der Waals surface area contributed by atoms with Crippen LogP contribution in [-0.4, -0.2) is 23.7 Å². The molecule has 0 aromatic rings. The second-order valence-electron chi connectivity index (χ2n) is 4.35. The Kier molecular flexibility index (Phi) is 8.91. The minimum Gasteiger partial charge on any atom is -0.478 e. The predicted molar refractivity (Wildman–Crippen MR) is 67.6 cm³/mol. The molecule has 0 bridgehead atoms. The third-order valence-corrected chi connectivity index (χ3v) is 2.70. The summed E-state index contributed by atoms with van der Waals surface area (Å²) in [5.41, 5.74) is 0.408. The first-order valence-corrected chi connectivity index (χ1v) is 6.21. The quantitative estimate of drug-likeness (QED) is 0.470. The van der Waals surface area contributed by atoms with Gasteiger partial charge in [-0.15, -0.1) is 0 Å². The molecule has 0 aliphatic carbocycles. The van der Waals surface area contributed by atoms with Crippen LogP contribution in [0.2, 0.25) is 0 Å². The standard InChI is InChI=1S/C13H25NO2/c1-4-5-6-7-8-12(3)14-10-9-11(2)13(15)16/h9,12,14H,4-8,10H2,1-3H3,(H,15,16)/b11-9-. The van der Waals surface area contributed by atoms with Crippen LogP contribution < -0.4 is 5.32 Å². The Bertz CT molecular complexity index is 224. The second kappa shape index (κ2) is 9.40. The fraction of sp³-hybridized carbons (Fsp3) is 0.769. The molecule has 16 heavy (non-hydrogen) atoms. The van der Waals surface area contributed by atoms with Crippen molar-refractivity contribution in [2.24, 2.45) is 0 Å². The van der Waals surface area contributed by atoms with E-state index in [0.717, 1.165) is 0 Å². The van der Waals surface area contributed by atoms with Crippen LogP contribution in [-0.2, 0) is 4.79 Å². The van der Waals surface area contributed by atoms with Crippen molar-refractivity contribution in [2.75, 3.05) is 6.54 Å². The predicted octanol–water partition coefficient (Wildman–Crippen LogP) is 2.97. The number of aliphatic carboxylic acids is 1. The molecule has 0 heterocycles. The van der Waals surface area contributed by atoms with Crippen molar-refractivity contribution in [1.29, 1.82) is 0 Å². The minimum atomic E-state index is -0.836. The SMILES string of the molecule is CCCCCCC(C)NC/C=C(/C)C(=O)O. The number of carbonyl (C=O) groups is 1. The van der Waals surface area contributed by atoms with Crippen LogP contribution >= 0.6 is 0 Å².